The van der Waals surface area contributed by atoms with Gasteiger partial charge in [-0.2, -0.15) is 0 Å². The molecule has 0 spiro atoms. The van der Waals surface area contributed by atoms with Gasteiger partial charge < -0.3 is 14.2 Å². The van der Waals surface area contributed by atoms with Crippen molar-refractivity contribution < 1.29 is 28.6 Å². The van der Waals surface area contributed by atoms with E-state index in [2.05, 4.69) is 20.8 Å². The van der Waals surface area contributed by atoms with Crippen molar-refractivity contribution in [1.29, 1.82) is 0 Å². The molecule has 0 aliphatic carbocycles. The highest BCUT2D eigenvalue weighted by Crippen LogP contribution is 2.17. The fourth-order valence-electron chi connectivity index (χ4n) is 8.45. The molecule has 0 amide bonds. The van der Waals surface area contributed by atoms with Crippen molar-refractivity contribution in [2.24, 2.45) is 0 Å². The van der Waals surface area contributed by atoms with Crippen molar-refractivity contribution in [3.8, 4) is 0 Å². The number of carbonyl (C=O) groups excluding carboxylic acids is 3. The summed E-state index contributed by atoms with van der Waals surface area (Å²) in [5, 5.41) is 0. The second kappa shape index (κ2) is 51.0. The van der Waals surface area contributed by atoms with Crippen LogP contribution in [0.4, 0.5) is 0 Å². The average Bonchev–Trinajstić information content (AvgIpc) is 3.26. The van der Waals surface area contributed by atoms with E-state index >= 15 is 0 Å². The molecule has 0 saturated carbocycles. The van der Waals surface area contributed by atoms with Crippen LogP contribution in [-0.4, -0.2) is 37.2 Å². The molecule has 0 rings (SSSR count). The van der Waals surface area contributed by atoms with Crippen LogP contribution in [0, 0.1) is 0 Å². The van der Waals surface area contributed by atoms with Gasteiger partial charge in [-0.1, -0.05) is 278 Å². The third kappa shape index (κ3) is 49.3. The Morgan fingerprint density at radius 2 is 0.443 bits per heavy atom. The van der Waals surface area contributed by atoms with E-state index in [1.807, 2.05) is 0 Å². The highest BCUT2D eigenvalue weighted by molar-refractivity contribution is 5.71. The number of unbranched alkanes of at least 4 members (excludes halogenated alkanes) is 40. The minimum absolute atomic E-state index is 0.0616. The minimum Gasteiger partial charge on any atom is -0.462 e. The number of carbonyl (C=O) groups is 3. The monoisotopic (exact) mass is 863 g/mol. The third-order valence-corrected chi connectivity index (χ3v) is 12.6. The van der Waals surface area contributed by atoms with Gasteiger partial charge in [0.25, 0.3) is 0 Å². The third-order valence-electron chi connectivity index (χ3n) is 12.6. The molecule has 0 radical (unpaired) electrons. The van der Waals surface area contributed by atoms with Gasteiger partial charge in [-0.3, -0.25) is 14.4 Å². The van der Waals surface area contributed by atoms with Gasteiger partial charge in [-0.05, 0) is 19.3 Å². The van der Waals surface area contributed by atoms with Crippen molar-refractivity contribution in [2.45, 2.75) is 322 Å². The van der Waals surface area contributed by atoms with Crippen LogP contribution >= 0.6 is 0 Å². The van der Waals surface area contributed by atoms with Gasteiger partial charge in [0.2, 0.25) is 0 Å². The summed E-state index contributed by atoms with van der Waals surface area (Å²) in [5.41, 5.74) is 0. The zero-order valence-electron chi connectivity index (χ0n) is 41.5. The lowest BCUT2D eigenvalue weighted by Crippen LogP contribution is -2.30. The smallest absolute Gasteiger partial charge is 0.306 e. The Hall–Kier alpha value is -1.59. The molecule has 362 valence electrons. The molecular formula is C55H106O6. The first-order chi connectivity index (χ1) is 30.0. The van der Waals surface area contributed by atoms with Gasteiger partial charge in [0.05, 0.1) is 0 Å². The van der Waals surface area contributed by atoms with E-state index in [9.17, 15) is 14.4 Å². The van der Waals surface area contributed by atoms with E-state index in [1.165, 1.54) is 218 Å². The SMILES string of the molecule is CCCCCCCCCCCCCCCCCCCCCC(=O)OC[C@@H](COC(=O)CCCCCCCCCCCCCCCC)OC(=O)CCCCCCCCCCCC. The molecule has 0 saturated heterocycles. The van der Waals surface area contributed by atoms with Crippen molar-refractivity contribution >= 4 is 17.9 Å². The Morgan fingerprint density at radius 3 is 0.656 bits per heavy atom. The molecule has 1 atom stereocenters. The van der Waals surface area contributed by atoms with Gasteiger partial charge >= 0.3 is 17.9 Å². The summed E-state index contributed by atoms with van der Waals surface area (Å²) in [6.45, 7) is 6.68. The summed E-state index contributed by atoms with van der Waals surface area (Å²) >= 11 is 0. The van der Waals surface area contributed by atoms with Gasteiger partial charge in [0.1, 0.15) is 13.2 Å². The van der Waals surface area contributed by atoms with E-state index < -0.39 is 6.10 Å². The maximum atomic E-state index is 12.8. The van der Waals surface area contributed by atoms with Crippen LogP contribution in [0.1, 0.15) is 316 Å². The largest absolute Gasteiger partial charge is 0.462 e. The second-order valence-electron chi connectivity index (χ2n) is 18.9. The number of rotatable bonds is 51. The Morgan fingerprint density at radius 1 is 0.262 bits per heavy atom. The Bertz CT molecular complexity index is 905. The molecule has 0 aliphatic rings. The van der Waals surface area contributed by atoms with E-state index in [4.69, 9.17) is 14.2 Å². The predicted molar refractivity (Wildman–Crippen MR) is 261 cm³/mol. The van der Waals surface area contributed by atoms with E-state index in [0.717, 1.165) is 57.8 Å². The second-order valence-corrected chi connectivity index (χ2v) is 18.9. The van der Waals surface area contributed by atoms with Gasteiger partial charge in [-0.25, -0.2) is 0 Å². The zero-order valence-corrected chi connectivity index (χ0v) is 41.5. The molecule has 6 heteroatoms. The maximum Gasteiger partial charge on any atom is 0.306 e. The lowest BCUT2D eigenvalue weighted by molar-refractivity contribution is -0.167. The molecule has 0 aliphatic heterocycles. The van der Waals surface area contributed by atoms with E-state index in [0.29, 0.717) is 19.3 Å². The van der Waals surface area contributed by atoms with E-state index in [-0.39, 0.29) is 31.1 Å². The Labute approximate surface area is 380 Å². The van der Waals surface area contributed by atoms with Crippen LogP contribution in [0.3, 0.4) is 0 Å². The molecule has 0 aromatic rings. The van der Waals surface area contributed by atoms with Crippen molar-refractivity contribution in [3.05, 3.63) is 0 Å². The van der Waals surface area contributed by atoms with Crippen LogP contribution in [0.15, 0.2) is 0 Å². The first kappa shape index (κ1) is 59.4. The summed E-state index contributed by atoms with van der Waals surface area (Å²) in [5.74, 6) is -0.839. The lowest BCUT2D eigenvalue weighted by Gasteiger charge is -2.18. The summed E-state index contributed by atoms with van der Waals surface area (Å²) < 4.78 is 16.8. The quantitative estimate of drug-likeness (QED) is 0.0344. The summed E-state index contributed by atoms with van der Waals surface area (Å²) in [7, 11) is 0. The number of hydrogen-bond acceptors (Lipinski definition) is 6. The van der Waals surface area contributed by atoms with Crippen molar-refractivity contribution in [2.75, 3.05) is 13.2 Å². The van der Waals surface area contributed by atoms with Crippen LogP contribution in [0.25, 0.3) is 0 Å². The van der Waals surface area contributed by atoms with Crippen LogP contribution < -0.4 is 0 Å². The Balaban J connectivity index is 4.21. The number of hydrogen-bond donors (Lipinski definition) is 0. The van der Waals surface area contributed by atoms with E-state index in [1.54, 1.807) is 0 Å². The summed E-state index contributed by atoms with van der Waals surface area (Å²) in [6.07, 6.45) is 55.2. The molecule has 0 aromatic carbocycles. The fourth-order valence-corrected chi connectivity index (χ4v) is 8.45. The molecule has 0 fully saturated rings. The lowest BCUT2D eigenvalue weighted by atomic mass is 10.0. The molecule has 0 unspecified atom stereocenters. The highest BCUT2D eigenvalue weighted by atomic mass is 16.6. The zero-order chi connectivity index (χ0) is 44.4. The van der Waals surface area contributed by atoms with Crippen LogP contribution in [0.2, 0.25) is 0 Å². The van der Waals surface area contributed by atoms with Gasteiger partial charge in [0.15, 0.2) is 6.10 Å². The molecule has 0 N–H and O–H groups in total. The predicted octanol–water partition coefficient (Wildman–Crippen LogP) is 18.0. The fraction of sp³-hybridized carbons (Fsp3) is 0.945. The first-order valence-corrected chi connectivity index (χ1v) is 27.5. The van der Waals surface area contributed by atoms with Crippen LogP contribution in [0.5, 0.6) is 0 Å². The molecule has 61 heavy (non-hydrogen) atoms. The van der Waals surface area contributed by atoms with Crippen LogP contribution in [-0.2, 0) is 28.6 Å². The summed E-state index contributed by atoms with van der Waals surface area (Å²) in [4.78, 5) is 38.0. The normalized spacial score (nSPS) is 11.9. The van der Waals surface area contributed by atoms with Crippen molar-refractivity contribution in [1.82, 2.24) is 0 Å². The molecule has 0 heterocycles. The standard InChI is InChI=1S/C55H106O6/c1-4-7-10-13-16-19-22-24-26-27-28-29-30-32-34-37-39-42-45-48-54(57)60-51-52(61-55(58)49-46-43-40-35-21-18-15-12-9-6-3)50-59-53(56)47-44-41-38-36-33-31-25-23-20-17-14-11-8-5-2/h52H,4-51H2,1-3H3/t52-/m1/s1. The maximum absolute atomic E-state index is 12.8. The molecule has 0 bridgehead atoms. The minimum atomic E-state index is -0.759. The summed E-state index contributed by atoms with van der Waals surface area (Å²) in [6, 6.07) is 0. The molecule has 6 nitrogen and oxygen atoms in total. The van der Waals surface area contributed by atoms with Gasteiger partial charge in [0, 0.05) is 19.3 Å². The van der Waals surface area contributed by atoms with Crippen molar-refractivity contribution in [3.63, 3.8) is 0 Å². The molecular weight excluding hydrogens is 757 g/mol. The first-order valence-electron chi connectivity index (χ1n) is 27.5. The molecule has 0 aromatic heterocycles. The number of esters is 3. The topological polar surface area (TPSA) is 78.9 Å². The van der Waals surface area contributed by atoms with Gasteiger partial charge in [-0.15, -0.1) is 0 Å². The highest BCUT2D eigenvalue weighted by Gasteiger charge is 2.19. The number of ether oxygens (including phenoxy) is 3. The average molecular weight is 863 g/mol. The Kier molecular flexibility index (Phi) is 49.7.